The van der Waals surface area contributed by atoms with Crippen LogP contribution in [0.2, 0.25) is 0 Å². The molecule has 0 bridgehead atoms. The SMILES string of the molecule is CCOC(C)CNc1cc(Br)cc(C#N)c1. The molecule has 1 rings (SSSR count). The smallest absolute Gasteiger partial charge is 0.0992 e. The van der Waals surface area contributed by atoms with Crippen molar-refractivity contribution in [2.24, 2.45) is 0 Å². The van der Waals surface area contributed by atoms with Crippen LogP contribution in [0.5, 0.6) is 0 Å². The number of hydrogen-bond acceptors (Lipinski definition) is 3. The van der Waals surface area contributed by atoms with Crippen LogP contribution in [-0.4, -0.2) is 19.3 Å². The minimum Gasteiger partial charge on any atom is -0.382 e. The molecule has 16 heavy (non-hydrogen) atoms. The Kier molecular flexibility index (Phi) is 5.30. The van der Waals surface area contributed by atoms with Crippen molar-refractivity contribution in [2.45, 2.75) is 20.0 Å². The maximum Gasteiger partial charge on any atom is 0.0992 e. The van der Waals surface area contributed by atoms with E-state index >= 15 is 0 Å². The Morgan fingerprint density at radius 2 is 2.25 bits per heavy atom. The standard InChI is InChI=1S/C12H15BrN2O/c1-3-16-9(2)8-15-12-5-10(7-14)4-11(13)6-12/h4-6,9,15H,3,8H2,1-2H3. The zero-order valence-corrected chi connectivity index (χ0v) is 11.0. The average Bonchev–Trinajstić information content (AvgIpc) is 2.26. The van der Waals surface area contributed by atoms with Crippen LogP contribution in [0.1, 0.15) is 19.4 Å². The van der Waals surface area contributed by atoms with Gasteiger partial charge in [0.1, 0.15) is 0 Å². The monoisotopic (exact) mass is 282 g/mol. The number of halogens is 1. The van der Waals surface area contributed by atoms with Gasteiger partial charge in [0.25, 0.3) is 0 Å². The zero-order valence-electron chi connectivity index (χ0n) is 9.46. The molecule has 0 aromatic heterocycles. The second-order valence-electron chi connectivity index (χ2n) is 3.49. The Bertz CT molecular complexity index is 387. The molecule has 0 aliphatic carbocycles. The van der Waals surface area contributed by atoms with E-state index in [4.69, 9.17) is 10.00 Å². The van der Waals surface area contributed by atoms with Crippen molar-refractivity contribution in [3.05, 3.63) is 28.2 Å². The van der Waals surface area contributed by atoms with Gasteiger partial charge in [-0.05, 0) is 32.0 Å². The molecule has 1 aromatic rings. The zero-order chi connectivity index (χ0) is 12.0. The first-order valence-corrected chi connectivity index (χ1v) is 6.01. The third-order valence-corrected chi connectivity index (χ3v) is 2.53. The summed E-state index contributed by atoms with van der Waals surface area (Å²) in [4.78, 5) is 0. The number of nitriles is 1. The topological polar surface area (TPSA) is 45.0 Å². The molecule has 0 aliphatic rings. The van der Waals surface area contributed by atoms with Crippen LogP contribution >= 0.6 is 15.9 Å². The lowest BCUT2D eigenvalue weighted by Gasteiger charge is -2.13. The van der Waals surface area contributed by atoms with Gasteiger partial charge < -0.3 is 10.1 Å². The van der Waals surface area contributed by atoms with E-state index in [1.807, 2.05) is 26.0 Å². The number of hydrogen-bond donors (Lipinski definition) is 1. The fourth-order valence-electron chi connectivity index (χ4n) is 1.36. The van der Waals surface area contributed by atoms with E-state index in [2.05, 4.69) is 27.3 Å². The van der Waals surface area contributed by atoms with E-state index in [0.717, 1.165) is 16.7 Å². The van der Waals surface area contributed by atoms with Crippen LogP contribution in [0.25, 0.3) is 0 Å². The van der Waals surface area contributed by atoms with Crippen LogP contribution in [0.4, 0.5) is 5.69 Å². The second-order valence-corrected chi connectivity index (χ2v) is 4.40. The molecular weight excluding hydrogens is 268 g/mol. The van der Waals surface area contributed by atoms with Gasteiger partial charge in [-0.3, -0.25) is 0 Å². The molecule has 0 spiro atoms. The van der Waals surface area contributed by atoms with Crippen LogP contribution in [-0.2, 0) is 4.74 Å². The van der Waals surface area contributed by atoms with Crippen molar-refractivity contribution in [1.29, 1.82) is 5.26 Å². The van der Waals surface area contributed by atoms with Gasteiger partial charge in [0.15, 0.2) is 0 Å². The minimum absolute atomic E-state index is 0.162. The van der Waals surface area contributed by atoms with Crippen LogP contribution in [0.15, 0.2) is 22.7 Å². The molecule has 3 nitrogen and oxygen atoms in total. The molecule has 1 aromatic carbocycles. The highest BCUT2D eigenvalue weighted by molar-refractivity contribution is 9.10. The molecule has 0 saturated heterocycles. The third kappa shape index (κ3) is 4.21. The van der Waals surface area contributed by atoms with Gasteiger partial charge in [0.05, 0.1) is 17.7 Å². The molecule has 0 radical (unpaired) electrons. The molecule has 1 atom stereocenters. The lowest BCUT2D eigenvalue weighted by atomic mass is 10.2. The molecule has 0 amide bonds. The summed E-state index contributed by atoms with van der Waals surface area (Å²) in [6.45, 7) is 5.43. The Morgan fingerprint density at radius 1 is 1.50 bits per heavy atom. The fourth-order valence-corrected chi connectivity index (χ4v) is 1.85. The molecule has 0 saturated carbocycles. The fraction of sp³-hybridized carbons (Fsp3) is 0.417. The first-order valence-electron chi connectivity index (χ1n) is 5.22. The number of anilines is 1. The summed E-state index contributed by atoms with van der Waals surface area (Å²) < 4.78 is 6.31. The molecule has 0 aliphatic heterocycles. The summed E-state index contributed by atoms with van der Waals surface area (Å²) in [6, 6.07) is 7.68. The molecule has 1 unspecified atom stereocenters. The van der Waals surface area contributed by atoms with Crippen LogP contribution in [0, 0.1) is 11.3 Å². The highest BCUT2D eigenvalue weighted by atomic mass is 79.9. The first-order chi connectivity index (χ1) is 7.65. The number of rotatable bonds is 5. The van der Waals surface area contributed by atoms with Crippen LogP contribution in [0.3, 0.4) is 0 Å². The summed E-state index contributed by atoms with van der Waals surface area (Å²) in [7, 11) is 0. The van der Waals surface area contributed by atoms with Crippen molar-refractivity contribution >= 4 is 21.6 Å². The second kappa shape index (κ2) is 6.51. The maximum absolute atomic E-state index is 8.82. The lowest BCUT2D eigenvalue weighted by Crippen LogP contribution is -2.19. The molecular formula is C12H15BrN2O. The largest absolute Gasteiger partial charge is 0.382 e. The van der Waals surface area contributed by atoms with Crippen molar-refractivity contribution in [3.8, 4) is 6.07 Å². The van der Waals surface area contributed by atoms with Gasteiger partial charge in [0, 0.05) is 23.3 Å². The predicted octanol–water partition coefficient (Wildman–Crippen LogP) is 3.16. The minimum atomic E-state index is 0.162. The maximum atomic E-state index is 8.82. The van der Waals surface area contributed by atoms with E-state index in [1.165, 1.54) is 0 Å². The highest BCUT2D eigenvalue weighted by Crippen LogP contribution is 2.19. The van der Waals surface area contributed by atoms with E-state index in [-0.39, 0.29) is 6.10 Å². The summed E-state index contributed by atoms with van der Waals surface area (Å²) in [5.41, 5.74) is 1.57. The molecule has 4 heteroatoms. The first kappa shape index (κ1) is 13.0. The molecule has 86 valence electrons. The van der Waals surface area contributed by atoms with Gasteiger partial charge in [-0.1, -0.05) is 15.9 Å². The van der Waals surface area contributed by atoms with Crippen molar-refractivity contribution < 1.29 is 4.74 Å². The Morgan fingerprint density at radius 3 is 2.88 bits per heavy atom. The van der Waals surface area contributed by atoms with E-state index in [9.17, 15) is 0 Å². The predicted molar refractivity (Wildman–Crippen MR) is 68.4 cm³/mol. The highest BCUT2D eigenvalue weighted by Gasteiger charge is 2.02. The van der Waals surface area contributed by atoms with E-state index < -0.39 is 0 Å². The van der Waals surface area contributed by atoms with Crippen molar-refractivity contribution in [2.75, 3.05) is 18.5 Å². The summed E-state index contributed by atoms with van der Waals surface area (Å²) in [5.74, 6) is 0. The quantitative estimate of drug-likeness (QED) is 0.902. The van der Waals surface area contributed by atoms with Crippen molar-refractivity contribution in [1.82, 2.24) is 0 Å². The van der Waals surface area contributed by atoms with Crippen LogP contribution < -0.4 is 5.32 Å². The number of benzene rings is 1. The van der Waals surface area contributed by atoms with E-state index in [0.29, 0.717) is 12.2 Å². The van der Waals surface area contributed by atoms with Gasteiger partial charge >= 0.3 is 0 Å². The van der Waals surface area contributed by atoms with Crippen molar-refractivity contribution in [3.63, 3.8) is 0 Å². The molecule has 0 fully saturated rings. The Labute approximate surface area is 105 Å². The van der Waals surface area contributed by atoms with Gasteiger partial charge in [-0.2, -0.15) is 5.26 Å². The van der Waals surface area contributed by atoms with Gasteiger partial charge in [-0.15, -0.1) is 0 Å². The molecule has 1 N–H and O–H groups in total. The summed E-state index contributed by atoms with van der Waals surface area (Å²) in [6.07, 6.45) is 0.162. The Hall–Kier alpha value is -1.05. The number of ether oxygens (including phenoxy) is 1. The lowest BCUT2D eigenvalue weighted by molar-refractivity contribution is 0.0855. The Balaban J connectivity index is 2.60. The average molecular weight is 283 g/mol. The summed E-state index contributed by atoms with van der Waals surface area (Å²) >= 11 is 3.37. The normalized spacial score (nSPS) is 11.9. The number of nitrogens with one attached hydrogen (secondary N) is 1. The molecule has 0 heterocycles. The van der Waals surface area contributed by atoms with Gasteiger partial charge in [0.2, 0.25) is 0 Å². The number of nitrogens with zero attached hydrogens (tertiary/aromatic N) is 1. The van der Waals surface area contributed by atoms with E-state index in [1.54, 1.807) is 6.07 Å². The van der Waals surface area contributed by atoms with Gasteiger partial charge in [-0.25, -0.2) is 0 Å². The third-order valence-electron chi connectivity index (χ3n) is 2.07. The summed E-state index contributed by atoms with van der Waals surface area (Å²) in [5, 5.41) is 12.1.